The summed E-state index contributed by atoms with van der Waals surface area (Å²) >= 11 is 0. The van der Waals surface area contributed by atoms with Gasteiger partial charge in [0.05, 0.1) is 0 Å². The summed E-state index contributed by atoms with van der Waals surface area (Å²) in [6, 6.07) is 0. The fraction of sp³-hybridized carbons (Fsp3) is 0.875. The molecule has 0 radical (unpaired) electrons. The minimum Gasteiger partial charge on any atom is -0.342 e. The lowest BCUT2D eigenvalue weighted by atomic mass is 10.3. The van der Waals surface area contributed by atoms with Crippen molar-refractivity contribution in [3.05, 3.63) is 0 Å². The monoisotopic (exact) mass is 154 g/mol. The van der Waals surface area contributed by atoms with Crippen molar-refractivity contribution in [2.24, 2.45) is 17.6 Å². The standard InChI is InChI=1S/C8H14N2O/c9-2-1-3-10-5-6-4-7(6)8(10)11/h6-7H,1-5,9H2. The number of carbonyl (C=O) groups excluding carboxylic acids is 1. The lowest BCUT2D eigenvalue weighted by molar-refractivity contribution is -0.130. The maximum Gasteiger partial charge on any atom is 0.226 e. The van der Waals surface area contributed by atoms with E-state index in [1.54, 1.807) is 0 Å². The second-order valence-corrected chi connectivity index (χ2v) is 3.53. The zero-order valence-electron chi connectivity index (χ0n) is 6.62. The van der Waals surface area contributed by atoms with Crippen molar-refractivity contribution in [2.45, 2.75) is 12.8 Å². The van der Waals surface area contributed by atoms with Crippen LogP contribution in [0.2, 0.25) is 0 Å². The van der Waals surface area contributed by atoms with Crippen LogP contribution >= 0.6 is 0 Å². The number of hydrogen-bond donors (Lipinski definition) is 1. The third kappa shape index (κ3) is 1.13. The van der Waals surface area contributed by atoms with E-state index in [2.05, 4.69) is 0 Å². The van der Waals surface area contributed by atoms with Gasteiger partial charge in [-0.25, -0.2) is 0 Å². The first-order chi connectivity index (χ1) is 5.33. The maximum absolute atomic E-state index is 11.3. The Kier molecular flexibility index (Phi) is 1.60. The highest BCUT2D eigenvalue weighted by Crippen LogP contribution is 2.45. The van der Waals surface area contributed by atoms with Crippen LogP contribution in [0.5, 0.6) is 0 Å². The van der Waals surface area contributed by atoms with E-state index in [0.29, 0.717) is 24.3 Å². The summed E-state index contributed by atoms with van der Waals surface area (Å²) in [7, 11) is 0. The Morgan fingerprint density at radius 2 is 2.45 bits per heavy atom. The van der Waals surface area contributed by atoms with Gasteiger partial charge >= 0.3 is 0 Å². The number of nitrogens with zero attached hydrogens (tertiary/aromatic N) is 1. The molecule has 1 saturated heterocycles. The van der Waals surface area contributed by atoms with Crippen molar-refractivity contribution in [3.8, 4) is 0 Å². The van der Waals surface area contributed by atoms with Gasteiger partial charge in [-0.3, -0.25) is 4.79 Å². The van der Waals surface area contributed by atoms with Crippen LogP contribution in [0, 0.1) is 11.8 Å². The van der Waals surface area contributed by atoms with Gasteiger partial charge in [0, 0.05) is 19.0 Å². The fourth-order valence-electron chi connectivity index (χ4n) is 1.84. The molecule has 1 heterocycles. The minimum atomic E-state index is 0.378. The number of carbonyl (C=O) groups is 1. The molecule has 11 heavy (non-hydrogen) atoms. The van der Waals surface area contributed by atoms with Crippen LogP contribution in [0.3, 0.4) is 0 Å². The Bertz CT molecular complexity index is 181. The van der Waals surface area contributed by atoms with E-state index in [9.17, 15) is 4.79 Å². The molecule has 3 heteroatoms. The van der Waals surface area contributed by atoms with E-state index >= 15 is 0 Å². The Balaban J connectivity index is 1.82. The Labute approximate surface area is 66.5 Å². The maximum atomic E-state index is 11.3. The summed E-state index contributed by atoms with van der Waals surface area (Å²) < 4.78 is 0. The van der Waals surface area contributed by atoms with Gasteiger partial charge in [-0.05, 0) is 25.3 Å². The normalized spacial score (nSPS) is 34.3. The molecule has 2 fully saturated rings. The van der Waals surface area contributed by atoms with Crippen molar-refractivity contribution in [1.29, 1.82) is 0 Å². The molecule has 0 aromatic heterocycles. The average molecular weight is 154 g/mol. The van der Waals surface area contributed by atoms with Gasteiger partial charge in [-0.15, -0.1) is 0 Å². The zero-order valence-corrected chi connectivity index (χ0v) is 6.62. The van der Waals surface area contributed by atoms with Crippen LogP contribution in [-0.2, 0) is 4.79 Å². The largest absolute Gasteiger partial charge is 0.342 e. The number of nitrogens with two attached hydrogens (primary N) is 1. The SMILES string of the molecule is NCCCN1CC2CC2C1=O. The Morgan fingerprint density at radius 1 is 1.64 bits per heavy atom. The van der Waals surface area contributed by atoms with Crippen molar-refractivity contribution in [1.82, 2.24) is 4.90 Å². The third-order valence-electron chi connectivity index (χ3n) is 2.64. The summed E-state index contributed by atoms with van der Waals surface area (Å²) in [5.74, 6) is 1.50. The number of fused-ring (bicyclic) bond motifs is 1. The molecule has 2 N–H and O–H groups in total. The number of rotatable bonds is 3. The molecule has 0 spiro atoms. The Hall–Kier alpha value is -0.570. The van der Waals surface area contributed by atoms with Gasteiger partial charge in [-0.1, -0.05) is 0 Å². The first-order valence-corrected chi connectivity index (χ1v) is 4.32. The fourth-order valence-corrected chi connectivity index (χ4v) is 1.84. The molecule has 2 atom stereocenters. The predicted molar refractivity (Wildman–Crippen MR) is 41.8 cm³/mol. The molecular formula is C8H14N2O. The van der Waals surface area contributed by atoms with Gasteiger partial charge in [0.25, 0.3) is 0 Å². The number of piperidine rings is 1. The number of hydrogen-bond acceptors (Lipinski definition) is 2. The predicted octanol–water partition coefficient (Wildman–Crippen LogP) is -0.186. The Morgan fingerprint density at radius 3 is 3.00 bits per heavy atom. The first-order valence-electron chi connectivity index (χ1n) is 4.32. The summed E-state index contributed by atoms with van der Waals surface area (Å²) in [4.78, 5) is 13.3. The van der Waals surface area contributed by atoms with Crippen molar-refractivity contribution >= 4 is 5.91 Å². The molecule has 0 aromatic rings. The number of likely N-dealkylation sites (tertiary alicyclic amines) is 1. The highest BCUT2D eigenvalue weighted by atomic mass is 16.2. The highest BCUT2D eigenvalue weighted by Gasteiger charge is 2.51. The summed E-state index contributed by atoms with van der Waals surface area (Å²) in [6.07, 6.45) is 2.10. The summed E-state index contributed by atoms with van der Waals surface area (Å²) in [5, 5.41) is 0. The molecule has 2 aliphatic rings. The molecule has 1 saturated carbocycles. The van der Waals surface area contributed by atoms with Crippen LogP contribution in [0.1, 0.15) is 12.8 Å². The molecule has 0 aromatic carbocycles. The van der Waals surface area contributed by atoms with Gasteiger partial charge in [0.2, 0.25) is 5.91 Å². The van der Waals surface area contributed by atoms with E-state index in [-0.39, 0.29) is 0 Å². The average Bonchev–Trinajstić information content (AvgIpc) is 2.70. The smallest absolute Gasteiger partial charge is 0.226 e. The summed E-state index contributed by atoms with van der Waals surface area (Å²) in [6.45, 7) is 2.57. The van der Waals surface area contributed by atoms with Crippen LogP contribution in [-0.4, -0.2) is 30.4 Å². The lowest BCUT2D eigenvalue weighted by Crippen LogP contribution is -2.30. The lowest BCUT2D eigenvalue weighted by Gasteiger charge is -2.16. The van der Waals surface area contributed by atoms with E-state index in [0.717, 1.165) is 25.9 Å². The van der Waals surface area contributed by atoms with Crippen molar-refractivity contribution < 1.29 is 4.79 Å². The van der Waals surface area contributed by atoms with E-state index in [1.165, 1.54) is 0 Å². The zero-order chi connectivity index (χ0) is 7.84. The third-order valence-corrected chi connectivity index (χ3v) is 2.64. The van der Waals surface area contributed by atoms with Crippen molar-refractivity contribution in [2.75, 3.05) is 19.6 Å². The molecule has 62 valence electrons. The van der Waals surface area contributed by atoms with Crippen molar-refractivity contribution in [3.63, 3.8) is 0 Å². The van der Waals surface area contributed by atoms with E-state index in [1.807, 2.05) is 4.90 Å². The molecule has 1 aliphatic heterocycles. The second kappa shape index (κ2) is 2.48. The molecule has 1 aliphatic carbocycles. The van der Waals surface area contributed by atoms with Gasteiger partial charge in [-0.2, -0.15) is 0 Å². The van der Waals surface area contributed by atoms with E-state index in [4.69, 9.17) is 5.73 Å². The van der Waals surface area contributed by atoms with Crippen LogP contribution in [0.15, 0.2) is 0 Å². The molecule has 1 amide bonds. The highest BCUT2D eigenvalue weighted by molar-refractivity contribution is 5.84. The van der Waals surface area contributed by atoms with Gasteiger partial charge in [0.15, 0.2) is 0 Å². The molecular weight excluding hydrogens is 140 g/mol. The van der Waals surface area contributed by atoms with E-state index < -0.39 is 0 Å². The van der Waals surface area contributed by atoms with Gasteiger partial charge in [0.1, 0.15) is 0 Å². The topological polar surface area (TPSA) is 46.3 Å². The van der Waals surface area contributed by atoms with Crippen LogP contribution in [0.25, 0.3) is 0 Å². The van der Waals surface area contributed by atoms with Gasteiger partial charge < -0.3 is 10.6 Å². The molecule has 0 bridgehead atoms. The van der Waals surface area contributed by atoms with Crippen LogP contribution in [0.4, 0.5) is 0 Å². The first kappa shape index (κ1) is 7.10. The minimum absolute atomic E-state index is 0.378. The number of amides is 1. The summed E-state index contributed by atoms with van der Waals surface area (Å²) in [5.41, 5.74) is 5.36. The second-order valence-electron chi connectivity index (χ2n) is 3.53. The molecule has 2 rings (SSSR count). The quantitative estimate of drug-likeness (QED) is 0.612. The van der Waals surface area contributed by atoms with Crippen LogP contribution < -0.4 is 5.73 Å². The molecule has 3 nitrogen and oxygen atoms in total. The molecule has 2 unspecified atom stereocenters.